The molecule has 0 aliphatic heterocycles. The van der Waals surface area contributed by atoms with Crippen molar-refractivity contribution in [2.75, 3.05) is 11.9 Å². The molecule has 0 saturated carbocycles. The summed E-state index contributed by atoms with van der Waals surface area (Å²) in [5, 5.41) is 8.32. The number of benzene rings is 3. The van der Waals surface area contributed by atoms with Gasteiger partial charge in [-0.1, -0.05) is 41.9 Å². The van der Waals surface area contributed by atoms with Gasteiger partial charge >= 0.3 is 0 Å². The molecule has 2 N–H and O–H groups in total. The van der Waals surface area contributed by atoms with Crippen LogP contribution in [0.1, 0.15) is 23.7 Å². The molecule has 6 heteroatoms. The zero-order valence-corrected chi connectivity index (χ0v) is 17.4. The van der Waals surface area contributed by atoms with E-state index in [1.54, 1.807) is 24.3 Å². The molecule has 0 radical (unpaired) electrons. The maximum Gasteiger partial charge on any atom is 0.252 e. The minimum atomic E-state index is -0.290. The first kappa shape index (κ1) is 20.0. The van der Waals surface area contributed by atoms with Gasteiger partial charge < -0.3 is 15.2 Å². The SMILES string of the molecule is CCn1c2ccccc2c2cc(NC(=O)CCNC(=O)c3ccccc3Cl)ccc21. The number of para-hydroxylation sites is 1. The summed E-state index contributed by atoms with van der Waals surface area (Å²) in [4.78, 5) is 24.5. The Hall–Kier alpha value is -3.31. The molecule has 0 unspecified atom stereocenters. The van der Waals surface area contributed by atoms with Crippen molar-refractivity contribution in [2.24, 2.45) is 0 Å². The van der Waals surface area contributed by atoms with E-state index in [0.717, 1.165) is 28.5 Å². The van der Waals surface area contributed by atoms with Crippen molar-refractivity contribution < 1.29 is 9.59 Å². The zero-order valence-electron chi connectivity index (χ0n) is 16.6. The number of rotatable bonds is 6. The van der Waals surface area contributed by atoms with Crippen molar-refractivity contribution in [2.45, 2.75) is 19.9 Å². The number of aryl methyl sites for hydroxylation is 1. The molecule has 0 aliphatic carbocycles. The summed E-state index contributed by atoms with van der Waals surface area (Å²) in [6.07, 6.45) is 0.172. The minimum absolute atomic E-state index is 0.159. The fourth-order valence-electron chi connectivity index (χ4n) is 3.73. The molecule has 0 spiro atoms. The molecule has 1 aromatic heterocycles. The Morgan fingerprint density at radius 3 is 2.47 bits per heavy atom. The smallest absolute Gasteiger partial charge is 0.252 e. The van der Waals surface area contributed by atoms with Gasteiger partial charge in [-0.3, -0.25) is 9.59 Å². The Morgan fingerprint density at radius 1 is 0.933 bits per heavy atom. The van der Waals surface area contributed by atoms with E-state index in [9.17, 15) is 9.59 Å². The van der Waals surface area contributed by atoms with Crippen LogP contribution in [0.15, 0.2) is 66.7 Å². The summed E-state index contributed by atoms with van der Waals surface area (Å²) in [6, 6.07) is 21.0. The van der Waals surface area contributed by atoms with E-state index in [-0.39, 0.29) is 24.8 Å². The van der Waals surface area contributed by atoms with E-state index in [1.807, 2.05) is 30.3 Å². The number of carbonyl (C=O) groups is 2. The molecule has 4 rings (SSSR count). The highest BCUT2D eigenvalue weighted by Crippen LogP contribution is 2.31. The number of halogens is 1. The van der Waals surface area contributed by atoms with Crippen LogP contribution in [0.4, 0.5) is 5.69 Å². The number of fused-ring (bicyclic) bond motifs is 3. The van der Waals surface area contributed by atoms with E-state index < -0.39 is 0 Å². The summed E-state index contributed by atoms with van der Waals surface area (Å²) >= 11 is 6.03. The quantitative estimate of drug-likeness (QED) is 0.449. The van der Waals surface area contributed by atoms with E-state index in [1.165, 1.54) is 5.52 Å². The highest BCUT2D eigenvalue weighted by Gasteiger charge is 2.12. The Morgan fingerprint density at radius 2 is 1.67 bits per heavy atom. The van der Waals surface area contributed by atoms with Crippen molar-refractivity contribution in [3.8, 4) is 0 Å². The van der Waals surface area contributed by atoms with Gasteiger partial charge in [-0.25, -0.2) is 0 Å². The second kappa shape index (κ2) is 8.59. The lowest BCUT2D eigenvalue weighted by Crippen LogP contribution is -2.27. The predicted octanol–water partition coefficient (Wildman–Crippen LogP) is 5.23. The third kappa shape index (κ3) is 3.89. The molecule has 0 atom stereocenters. The van der Waals surface area contributed by atoms with E-state index >= 15 is 0 Å². The first-order chi connectivity index (χ1) is 14.6. The van der Waals surface area contributed by atoms with Crippen molar-refractivity contribution >= 4 is 50.9 Å². The lowest BCUT2D eigenvalue weighted by molar-refractivity contribution is -0.116. The summed E-state index contributed by atoms with van der Waals surface area (Å²) < 4.78 is 2.26. The van der Waals surface area contributed by atoms with Crippen LogP contribution in [0.25, 0.3) is 21.8 Å². The second-order valence-electron chi connectivity index (χ2n) is 7.03. The summed E-state index contributed by atoms with van der Waals surface area (Å²) in [5.74, 6) is -0.449. The summed E-state index contributed by atoms with van der Waals surface area (Å²) in [7, 11) is 0. The number of aromatic nitrogens is 1. The highest BCUT2D eigenvalue weighted by atomic mass is 35.5. The highest BCUT2D eigenvalue weighted by molar-refractivity contribution is 6.33. The van der Waals surface area contributed by atoms with E-state index in [2.05, 4.69) is 34.3 Å². The fourth-order valence-corrected chi connectivity index (χ4v) is 3.95. The van der Waals surface area contributed by atoms with Crippen LogP contribution in [0, 0.1) is 0 Å². The molecule has 3 aromatic carbocycles. The number of carbonyl (C=O) groups excluding carboxylic acids is 2. The van der Waals surface area contributed by atoms with Gasteiger partial charge in [0.15, 0.2) is 0 Å². The number of hydrogen-bond donors (Lipinski definition) is 2. The van der Waals surface area contributed by atoms with Gasteiger partial charge in [0, 0.05) is 47.0 Å². The molecule has 1 heterocycles. The lowest BCUT2D eigenvalue weighted by Gasteiger charge is -2.08. The first-order valence-corrected chi connectivity index (χ1v) is 10.3. The lowest BCUT2D eigenvalue weighted by atomic mass is 10.1. The van der Waals surface area contributed by atoms with Crippen LogP contribution in [0.5, 0.6) is 0 Å². The van der Waals surface area contributed by atoms with Crippen LogP contribution in [-0.4, -0.2) is 22.9 Å². The Bertz CT molecular complexity index is 1250. The van der Waals surface area contributed by atoms with Crippen LogP contribution < -0.4 is 10.6 Å². The first-order valence-electron chi connectivity index (χ1n) is 9.92. The van der Waals surface area contributed by atoms with Crippen molar-refractivity contribution in [1.82, 2.24) is 9.88 Å². The van der Waals surface area contributed by atoms with Crippen LogP contribution in [0.3, 0.4) is 0 Å². The Kier molecular flexibility index (Phi) is 5.72. The third-order valence-corrected chi connectivity index (χ3v) is 5.46. The molecule has 0 bridgehead atoms. The van der Waals surface area contributed by atoms with Gasteiger partial charge in [0.1, 0.15) is 0 Å². The van der Waals surface area contributed by atoms with Gasteiger partial charge in [-0.2, -0.15) is 0 Å². The molecule has 4 aromatic rings. The van der Waals surface area contributed by atoms with Gasteiger partial charge in [-0.05, 0) is 43.3 Å². The van der Waals surface area contributed by atoms with Crippen molar-refractivity contribution in [3.63, 3.8) is 0 Å². The molecule has 152 valence electrons. The summed E-state index contributed by atoms with van der Waals surface area (Å²) in [5.41, 5.74) is 3.46. The number of anilines is 1. The number of nitrogens with zero attached hydrogens (tertiary/aromatic N) is 1. The molecule has 0 aliphatic rings. The van der Waals surface area contributed by atoms with Gasteiger partial charge in [0.25, 0.3) is 5.91 Å². The molecule has 5 nitrogen and oxygen atoms in total. The predicted molar refractivity (Wildman–Crippen MR) is 122 cm³/mol. The fraction of sp³-hybridized carbons (Fsp3) is 0.167. The number of amides is 2. The number of nitrogens with one attached hydrogen (secondary N) is 2. The Balaban J connectivity index is 1.43. The third-order valence-electron chi connectivity index (χ3n) is 5.13. The van der Waals surface area contributed by atoms with Gasteiger partial charge in [0.2, 0.25) is 5.91 Å². The molecule has 30 heavy (non-hydrogen) atoms. The van der Waals surface area contributed by atoms with Crippen molar-refractivity contribution in [1.29, 1.82) is 0 Å². The molecular weight excluding hydrogens is 398 g/mol. The second-order valence-corrected chi connectivity index (χ2v) is 7.43. The van der Waals surface area contributed by atoms with Crippen molar-refractivity contribution in [3.05, 3.63) is 77.3 Å². The summed E-state index contributed by atoms with van der Waals surface area (Å²) in [6.45, 7) is 3.23. The van der Waals surface area contributed by atoms with E-state index in [4.69, 9.17) is 11.6 Å². The standard InChI is InChI=1S/C24H22ClN3O2/c1-2-28-21-10-6-4-7-17(21)19-15-16(11-12-22(19)28)27-23(29)13-14-26-24(30)18-8-3-5-9-20(18)25/h3-12,15H,2,13-14H2,1H3,(H,26,30)(H,27,29). The van der Waals surface area contributed by atoms with E-state index in [0.29, 0.717) is 10.6 Å². The van der Waals surface area contributed by atoms with Gasteiger partial charge in [0.05, 0.1) is 10.6 Å². The van der Waals surface area contributed by atoms with Gasteiger partial charge in [-0.15, -0.1) is 0 Å². The van der Waals surface area contributed by atoms with Crippen LogP contribution in [-0.2, 0) is 11.3 Å². The monoisotopic (exact) mass is 419 g/mol. The average molecular weight is 420 g/mol. The molecular formula is C24H22ClN3O2. The van der Waals surface area contributed by atoms with Crippen LogP contribution in [0.2, 0.25) is 5.02 Å². The topological polar surface area (TPSA) is 63.1 Å². The maximum atomic E-state index is 12.4. The normalized spacial score (nSPS) is 11.0. The average Bonchev–Trinajstić information content (AvgIpc) is 3.07. The minimum Gasteiger partial charge on any atom is -0.351 e. The largest absolute Gasteiger partial charge is 0.351 e. The molecule has 0 fully saturated rings. The molecule has 0 saturated heterocycles. The van der Waals surface area contributed by atoms with Crippen LogP contribution >= 0.6 is 11.6 Å². The Labute approximate surface area is 179 Å². The number of hydrogen-bond acceptors (Lipinski definition) is 2. The molecule has 2 amide bonds. The maximum absolute atomic E-state index is 12.4. The zero-order chi connectivity index (χ0) is 21.1.